The highest BCUT2D eigenvalue weighted by atomic mass is 16.4. The molecule has 21 heavy (non-hydrogen) atoms. The van der Waals surface area contributed by atoms with Gasteiger partial charge in [-0.3, -0.25) is 4.79 Å². The number of hydrogen-bond acceptors (Lipinski definition) is 2. The van der Waals surface area contributed by atoms with Crippen molar-refractivity contribution in [1.82, 2.24) is 9.80 Å². The van der Waals surface area contributed by atoms with E-state index in [1.807, 2.05) is 11.9 Å². The summed E-state index contributed by atoms with van der Waals surface area (Å²) in [7, 11) is 1.87. The number of carboxylic acids is 1. The van der Waals surface area contributed by atoms with Crippen LogP contribution in [0, 0.1) is 23.2 Å². The number of fused-ring (bicyclic) bond motifs is 2. The number of nitrogens with zero attached hydrogens (tertiary/aromatic N) is 2. The zero-order valence-electron chi connectivity index (χ0n) is 13.0. The first kappa shape index (κ1) is 14.7. The third-order valence-electron chi connectivity index (χ3n) is 5.98. The molecular formula is C16H26N2O3. The summed E-state index contributed by atoms with van der Waals surface area (Å²) in [5, 5.41) is 9.26. The van der Waals surface area contributed by atoms with Crippen molar-refractivity contribution in [2.24, 2.45) is 23.2 Å². The summed E-state index contributed by atoms with van der Waals surface area (Å²) in [6.45, 7) is 3.46. The van der Waals surface area contributed by atoms with Gasteiger partial charge in [-0.2, -0.15) is 0 Å². The minimum absolute atomic E-state index is 0.00254. The largest absolute Gasteiger partial charge is 0.481 e. The molecule has 0 aromatic rings. The van der Waals surface area contributed by atoms with Gasteiger partial charge in [-0.05, 0) is 50.4 Å². The number of carboxylic acid groups (broad SMARTS) is 1. The van der Waals surface area contributed by atoms with Gasteiger partial charge in [0.25, 0.3) is 0 Å². The van der Waals surface area contributed by atoms with Gasteiger partial charge in [0, 0.05) is 26.7 Å². The maximum atomic E-state index is 12.5. The number of amides is 2. The number of urea groups is 1. The third kappa shape index (κ3) is 2.62. The van der Waals surface area contributed by atoms with E-state index in [1.54, 1.807) is 11.8 Å². The van der Waals surface area contributed by atoms with Crippen molar-refractivity contribution in [3.63, 3.8) is 0 Å². The van der Waals surface area contributed by atoms with Crippen molar-refractivity contribution in [2.45, 2.75) is 39.0 Å². The smallest absolute Gasteiger partial charge is 0.319 e. The number of carbonyl (C=O) groups excluding carboxylic acids is 1. The molecule has 5 heteroatoms. The van der Waals surface area contributed by atoms with E-state index in [4.69, 9.17) is 0 Å². The van der Waals surface area contributed by atoms with E-state index < -0.39 is 11.4 Å². The molecule has 2 amide bonds. The normalized spacial score (nSPS) is 38.0. The van der Waals surface area contributed by atoms with Crippen LogP contribution in [0.3, 0.4) is 0 Å². The molecule has 0 radical (unpaired) electrons. The lowest BCUT2D eigenvalue weighted by Gasteiger charge is -2.30. The van der Waals surface area contributed by atoms with Gasteiger partial charge in [0.1, 0.15) is 0 Å². The fourth-order valence-electron chi connectivity index (χ4n) is 4.57. The summed E-state index contributed by atoms with van der Waals surface area (Å²) in [5.74, 6) is 1.57. The molecule has 2 bridgehead atoms. The van der Waals surface area contributed by atoms with Crippen LogP contribution in [0.1, 0.15) is 39.0 Å². The summed E-state index contributed by atoms with van der Waals surface area (Å²) < 4.78 is 0. The first-order chi connectivity index (χ1) is 9.89. The van der Waals surface area contributed by atoms with E-state index in [0.717, 1.165) is 18.4 Å². The van der Waals surface area contributed by atoms with Crippen LogP contribution in [0.5, 0.6) is 0 Å². The van der Waals surface area contributed by atoms with Crippen LogP contribution in [-0.4, -0.2) is 53.6 Å². The molecule has 1 aliphatic heterocycles. The summed E-state index contributed by atoms with van der Waals surface area (Å²) in [4.78, 5) is 27.3. The van der Waals surface area contributed by atoms with Crippen molar-refractivity contribution in [3.8, 4) is 0 Å². The van der Waals surface area contributed by atoms with Crippen molar-refractivity contribution in [2.75, 3.05) is 26.7 Å². The molecule has 2 saturated carbocycles. The highest BCUT2D eigenvalue weighted by Gasteiger charge is 2.44. The van der Waals surface area contributed by atoms with Crippen LogP contribution < -0.4 is 0 Å². The van der Waals surface area contributed by atoms with Crippen molar-refractivity contribution in [3.05, 3.63) is 0 Å². The van der Waals surface area contributed by atoms with Gasteiger partial charge in [-0.1, -0.05) is 6.42 Å². The van der Waals surface area contributed by atoms with Gasteiger partial charge in [0.15, 0.2) is 0 Å². The molecule has 2 aliphatic carbocycles. The summed E-state index contributed by atoms with van der Waals surface area (Å²) in [6, 6.07) is 0.00254. The van der Waals surface area contributed by atoms with Gasteiger partial charge in [0.05, 0.1) is 5.41 Å². The van der Waals surface area contributed by atoms with Gasteiger partial charge < -0.3 is 14.9 Å². The SMILES string of the molecule is CN(CC1CC2CCC1C2)C(=O)N1CCC(C)(C(=O)O)C1. The van der Waals surface area contributed by atoms with Gasteiger partial charge >= 0.3 is 12.0 Å². The minimum atomic E-state index is -0.798. The molecule has 3 aliphatic rings. The molecular weight excluding hydrogens is 268 g/mol. The highest BCUT2D eigenvalue weighted by Crippen LogP contribution is 2.48. The number of aliphatic carboxylic acids is 1. The Hall–Kier alpha value is -1.26. The number of rotatable bonds is 3. The van der Waals surface area contributed by atoms with Gasteiger partial charge in [-0.15, -0.1) is 0 Å². The van der Waals surface area contributed by atoms with E-state index in [9.17, 15) is 14.7 Å². The zero-order valence-corrected chi connectivity index (χ0v) is 13.0. The van der Waals surface area contributed by atoms with E-state index in [0.29, 0.717) is 25.4 Å². The van der Waals surface area contributed by atoms with Crippen LogP contribution in [0.2, 0.25) is 0 Å². The van der Waals surface area contributed by atoms with Crippen molar-refractivity contribution < 1.29 is 14.7 Å². The quantitative estimate of drug-likeness (QED) is 0.868. The lowest BCUT2D eigenvalue weighted by atomic mass is 9.88. The van der Waals surface area contributed by atoms with Crippen molar-refractivity contribution >= 4 is 12.0 Å². The molecule has 4 atom stereocenters. The number of carbonyl (C=O) groups is 2. The second-order valence-electron chi connectivity index (χ2n) is 7.64. The molecule has 3 fully saturated rings. The summed E-state index contributed by atoms with van der Waals surface area (Å²) >= 11 is 0. The predicted molar refractivity (Wildman–Crippen MR) is 78.9 cm³/mol. The Morgan fingerprint density at radius 2 is 2.10 bits per heavy atom. The monoisotopic (exact) mass is 294 g/mol. The first-order valence-electron chi connectivity index (χ1n) is 8.12. The summed E-state index contributed by atoms with van der Waals surface area (Å²) in [6.07, 6.45) is 5.89. The standard InChI is InChI=1S/C16H26N2O3/c1-16(14(19)20)5-6-18(10-16)15(21)17(2)9-13-8-11-3-4-12(13)7-11/h11-13H,3-10H2,1-2H3,(H,19,20). The van der Waals surface area contributed by atoms with Crippen LogP contribution in [0.25, 0.3) is 0 Å². The molecule has 0 spiro atoms. The fraction of sp³-hybridized carbons (Fsp3) is 0.875. The summed E-state index contributed by atoms with van der Waals surface area (Å²) in [5.41, 5.74) is -0.775. The maximum Gasteiger partial charge on any atom is 0.319 e. The molecule has 1 N–H and O–H groups in total. The topological polar surface area (TPSA) is 60.9 Å². The van der Waals surface area contributed by atoms with Crippen LogP contribution >= 0.6 is 0 Å². The molecule has 1 heterocycles. The lowest BCUT2D eigenvalue weighted by molar-refractivity contribution is -0.147. The first-order valence-corrected chi connectivity index (χ1v) is 8.12. The lowest BCUT2D eigenvalue weighted by Crippen LogP contribution is -2.44. The molecule has 3 rings (SSSR count). The second kappa shape index (κ2) is 5.18. The van der Waals surface area contributed by atoms with E-state index in [-0.39, 0.29) is 6.03 Å². The number of hydrogen-bond donors (Lipinski definition) is 1. The van der Waals surface area contributed by atoms with Crippen LogP contribution in [0.15, 0.2) is 0 Å². The Bertz CT molecular complexity index is 453. The predicted octanol–water partition coefficient (Wildman–Crippen LogP) is 2.27. The Labute approximate surface area is 126 Å². The van der Waals surface area contributed by atoms with Crippen LogP contribution in [-0.2, 0) is 4.79 Å². The third-order valence-corrected chi connectivity index (χ3v) is 5.98. The molecule has 118 valence electrons. The zero-order chi connectivity index (χ0) is 15.2. The average molecular weight is 294 g/mol. The van der Waals surface area contributed by atoms with Crippen LogP contribution in [0.4, 0.5) is 4.79 Å². The molecule has 4 unspecified atom stereocenters. The Morgan fingerprint density at radius 3 is 2.62 bits per heavy atom. The van der Waals surface area contributed by atoms with E-state index in [2.05, 4.69) is 0 Å². The highest BCUT2D eigenvalue weighted by molar-refractivity contribution is 5.79. The Kier molecular flexibility index (Phi) is 3.62. The molecule has 1 saturated heterocycles. The molecule has 0 aromatic heterocycles. The van der Waals surface area contributed by atoms with E-state index >= 15 is 0 Å². The second-order valence-corrected chi connectivity index (χ2v) is 7.64. The van der Waals surface area contributed by atoms with Gasteiger partial charge in [-0.25, -0.2) is 4.79 Å². The maximum absolute atomic E-state index is 12.5. The molecule has 0 aromatic carbocycles. The Morgan fingerprint density at radius 1 is 1.33 bits per heavy atom. The van der Waals surface area contributed by atoms with E-state index in [1.165, 1.54) is 25.7 Å². The minimum Gasteiger partial charge on any atom is -0.481 e. The molecule has 5 nitrogen and oxygen atoms in total. The average Bonchev–Trinajstić information content (AvgIpc) is 3.13. The Balaban J connectivity index is 1.55. The van der Waals surface area contributed by atoms with Gasteiger partial charge in [0.2, 0.25) is 0 Å². The van der Waals surface area contributed by atoms with Crippen molar-refractivity contribution in [1.29, 1.82) is 0 Å². The fourth-order valence-corrected chi connectivity index (χ4v) is 4.57. The number of likely N-dealkylation sites (tertiary alicyclic amines) is 1.